The number of halogens is 2. The maximum atomic E-state index is 13.4. The normalized spacial score (nSPS) is 12.0. The van der Waals surface area contributed by atoms with E-state index in [0.717, 1.165) is 11.6 Å². The second-order valence-corrected chi connectivity index (χ2v) is 8.85. The van der Waals surface area contributed by atoms with Crippen LogP contribution in [0.25, 0.3) is 0 Å². The number of nitrogens with one attached hydrogen (secondary N) is 2. The highest BCUT2D eigenvalue weighted by Crippen LogP contribution is 2.20. The molecule has 10 heteroatoms. The molecule has 7 nitrogen and oxygen atoms in total. The minimum atomic E-state index is -4.24. The molecule has 0 saturated carbocycles. The topological polar surface area (TPSA) is 102 Å². The van der Waals surface area contributed by atoms with Gasteiger partial charge in [0, 0.05) is 11.4 Å². The van der Waals surface area contributed by atoms with Gasteiger partial charge in [-0.1, -0.05) is 23.8 Å². The molecule has 3 rings (SSSR count). The average Bonchev–Trinajstić information content (AvgIpc) is 2.77. The Hall–Kier alpha value is -3.79. The smallest absolute Gasteiger partial charge is 0.338 e. The molecule has 33 heavy (non-hydrogen) atoms. The van der Waals surface area contributed by atoms with E-state index in [1.807, 2.05) is 19.1 Å². The third kappa shape index (κ3) is 6.13. The lowest BCUT2D eigenvalue weighted by molar-refractivity contribution is -0.123. The second kappa shape index (κ2) is 9.78. The lowest BCUT2D eigenvalue weighted by atomic mass is 10.2. The van der Waals surface area contributed by atoms with Crippen LogP contribution in [0.5, 0.6) is 0 Å². The summed E-state index contributed by atoms with van der Waals surface area (Å²) in [6.45, 7) is 3.30. The predicted molar refractivity (Wildman–Crippen MR) is 118 cm³/mol. The van der Waals surface area contributed by atoms with E-state index in [2.05, 4.69) is 10.0 Å². The van der Waals surface area contributed by atoms with E-state index >= 15 is 0 Å². The summed E-state index contributed by atoms with van der Waals surface area (Å²) in [6, 6.07) is 14.6. The fourth-order valence-electron chi connectivity index (χ4n) is 2.73. The van der Waals surface area contributed by atoms with Crippen molar-refractivity contribution >= 4 is 33.3 Å². The van der Waals surface area contributed by atoms with Crippen molar-refractivity contribution in [1.82, 2.24) is 0 Å². The van der Waals surface area contributed by atoms with E-state index in [0.29, 0.717) is 17.8 Å². The van der Waals surface area contributed by atoms with Gasteiger partial charge in [0.2, 0.25) is 0 Å². The Morgan fingerprint density at radius 1 is 0.909 bits per heavy atom. The fraction of sp³-hybridized carbons (Fsp3) is 0.130. The van der Waals surface area contributed by atoms with Crippen LogP contribution in [0.4, 0.5) is 20.2 Å². The van der Waals surface area contributed by atoms with Crippen molar-refractivity contribution in [3.63, 3.8) is 0 Å². The molecular weight excluding hydrogens is 454 g/mol. The number of benzene rings is 3. The SMILES string of the molecule is Cc1ccc(NC(=O)C(C)OC(=O)c2cccc(NS(=O)(=O)c3ccc(F)c(F)c3)c2)cc1. The highest BCUT2D eigenvalue weighted by atomic mass is 32.2. The second-order valence-electron chi connectivity index (χ2n) is 7.17. The monoisotopic (exact) mass is 474 g/mol. The summed E-state index contributed by atoms with van der Waals surface area (Å²) in [5.41, 5.74) is 1.54. The van der Waals surface area contributed by atoms with E-state index in [4.69, 9.17) is 4.74 Å². The lowest BCUT2D eigenvalue weighted by Gasteiger charge is -2.14. The van der Waals surface area contributed by atoms with Crippen molar-refractivity contribution in [2.75, 3.05) is 10.0 Å². The van der Waals surface area contributed by atoms with Crippen molar-refractivity contribution in [2.45, 2.75) is 24.8 Å². The molecule has 172 valence electrons. The largest absolute Gasteiger partial charge is 0.449 e. The molecule has 0 saturated heterocycles. The Labute approximate surface area is 189 Å². The number of carbonyl (C=O) groups excluding carboxylic acids is 2. The Kier molecular flexibility index (Phi) is 7.07. The van der Waals surface area contributed by atoms with E-state index in [1.165, 1.54) is 31.2 Å². The van der Waals surface area contributed by atoms with Crippen LogP contribution in [-0.2, 0) is 19.6 Å². The summed E-state index contributed by atoms with van der Waals surface area (Å²) in [5.74, 6) is -3.88. The van der Waals surface area contributed by atoms with E-state index in [9.17, 15) is 26.8 Å². The summed E-state index contributed by atoms with van der Waals surface area (Å²) < 4.78 is 58.7. The van der Waals surface area contributed by atoms with Gasteiger partial charge in [-0.25, -0.2) is 22.0 Å². The van der Waals surface area contributed by atoms with Crippen molar-refractivity contribution in [1.29, 1.82) is 0 Å². The first kappa shape index (κ1) is 23.9. The van der Waals surface area contributed by atoms with Gasteiger partial charge in [0.1, 0.15) is 0 Å². The third-order valence-corrected chi connectivity index (χ3v) is 5.90. The number of carbonyl (C=O) groups is 2. The van der Waals surface area contributed by atoms with Crippen molar-refractivity contribution in [2.24, 2.45) is 0 Å². The van der Waals surface area contributed by atoms with Gasteiger partial charge in [-0.2, -0.15) is 0 Å². The van der Waals surface area contributed by atoms with Crippen LogP contribution in [0.1, 0.15) is 22.8 Å². The van der Waals surface area contributed by atoms with Gasteiger partial charge in [0.05, 0.1) is 10.5 Å². The number of ether oxygens (including phenoxy) is 1. The molecule has 0 fully saturated rings. The van der Waals surface area contributed by atoms with Gasteiger partial charge < -0.3 is 10.1 Å². The summed E-state index contributed by atoms with van der Waals surface area (Å²) in [4.78, 5) is 24.3. The molecule has 0 aliphatic heterocycles. The van der Waals surface area contributed by atoms with Crippen molar-refractivity contribution < 1.29 is 31.5 Å². The van der Waals surface area contributed by atoms with E-state index in [-0.39, 0.29) is 11.3 Å². The number of hydrogen-bond donors (Lipinski definition) is 2. The first-order chi connectivity index (χ1) is 15.5. The summed E-state index contributed by atoms with van der Waals surface area (Å²) in [6.07, 6.45) is -1.12. The zero-order valence-corrected chi connectivity index (χ0v) is 18.5. The zero-order chi connectivity index (χ0) is 24.2. The minimum Gasteiger partial charge on any atom is -0.449 e. The number of sulfonamides is 1. The number of anilines is 2. The molecule has 0 bridgehead atoms. The van der Waals surface area contributed by atoms with Gasteiger partial charge in [0.25, 0.3) is 15.9 Å². The maximum absolute atomic E-state index is 13.4. The molecule has 0 aliphatic carbocycles. The molecule has 0 aliphatic rings. The summed E-state index contributed by atoms with van der Waals surface area (Å²) in [7, 11) is -4.24. The first-order valence-electron chi connectivity index (χ1n) is 9.71. The molecule has 2 N–H and O–H groups in total. The first-order valence-corrected chi connectivity index (χ1v) is 11.2. The van der Waals surface area contributed by atoms with Gasteiger partial charge in [0.15, 0.2) is 17.7 Å². The highest BCUT2D eigenvalue weighted by Gasteiger charge is 2.21. The van der Waals surface area contributed by atoms with E-state index in [1.54, 1.807) is 12.1 Å². The molecule has 1 atom stereocenters. The number of hydrogen-bond acceptors (Lipinski definition) is 5. The quantitative estimate of drug-likeness (QED) is 0.499. The van der Waals surface area contributed by atoms with Crippen LogP contribution in [0, 0.1) is 18.6 Å². The van der Waals surface area contributed by atoms with Crippen LogP contribution in [-0.4, -0.2) is 26.4 Å². The Bertz CT molecular complexity index is 1290. The van der Waals surface area contributed by atoms with Crippen molar-refractivity contribution in [3.8, 4) is 0 Å². The predicted octanol–water partition coefficient (Wildman–Crippen LogP) is 4.26. The average molecular weight is 474 g/mol. The number of aryl methyl sites for hydroxylation is 1. The molecule has 1 unspecified atom stereocenters. The highest BCUT2D eigenvalue weighted by molar-refractivity contribution is 7.92. The third-order valence-electron chi connectivity index (χ3n) is 4.52. The standard InChI is InChI=1S/C23H20F2N2O5S/c1-14-6-8-17(9-7-14)26-22(28)15(2)32-23(29)16-4-3-5-18(12-16)27-33(30,31)19-10-11-20(24)21(25)13-19/h3-13,15,27H,1-2H3,(H,26,28). The van der Waals surface area contributed by atoms with Crippen LogP contribution in [0.15, 0.2) is 71.6 Å². The molecule has 1 amide bonds. The van der Waals surface area contributed by atoms with Crippen LogP contribution < -0.4 is 10.0 Å². The van der Waals surface area contributed by atoms with Gasteiger partial charge in [-0.15, -0.1) is 0 Å². The number of esters is 1. The van der Waals surface area contributed by atoms with E-state index < -0.39 is 44.5 Å². The summed E-state index contributed by atoms with van der Waals surface area (Å²) in [5, 5.41) is 2.63. The molecule has 0 radical (unpaired) electrons. The zero-order valence-electron chi connectivity index (χ0n) is 17.6. The van der Waals surface area contributed by atoms with Gasteiger partial charge in [-0.05, 0) is 62.4 Å². The Morgan fingerprint density at radius 3 is 2.27 bits per heavy atom. The number of amides is 1. The van der Waals surface area contributed by atoms with Crippen LogP contribution in [0.2, 0.25) is 0 Å². The summed E-state index contributed by atoms with van der Waals surface area (Å²) >= 11 is 0. The lowest BCUT2D eigenvalue weighted by Crippen LogP contribution is -2.30. The van der Waals surface area contributed by atoms with Gasteiger partial charge >= 0.3 is 5.97 Å². The minimum absolute atomic E-state index is 0.00839. The maximum Gasteiger partial charge on any atom is 0.338 e. The molecule has 0 spiro atoms. The van der Waals surface area contributed by atoms with Crippen LogP contribution >= 0.6 is 0 Å². The molecular formula is C23H20F2N2O5S. The molecule has 3 aromatic carbocycles. The number of rotatable bonds is 7. The molecule has 0 aromatic heterocycles. The molecule has 3 aromatic rings. The van der Waals surface area contributed by atoms with Crippen molar-refractivity contribution in [3.05, 3.63) is 89.5 Å². The Morgan fingerprint density at radius 2 is 1.61 bits per heavy atom. The van der Waals surface area contributed by atoms with Gasteiger partial charge in [-0.3, -0.25) is 9.52 Å². The fourth-order valence-corrected chi connectivity index (χ4v) is 3.79. The molecule has 0 heterocycles. The van der Waals surface area contributed by atoms with Crippen LogP contribution in [0.3, 0.4) is 0 Å². The Balaban J connectivity index is 1.67.